The smallest absolute Gasteiger partial charge is 0.335 e. The van der Waals surface area contributed by atoms with E-state index in [-0.39, 0.29) is 11.3 Å². The summed E-state index contributed by atoms with van der Waals surface area (Å²) in [5.74, 6) is -2.39. The largest absolute Gasteiger partial charge is 0.478 e. The van der Waals surface area contributed by atoms with Crippen LogP contribution in [0.4, 0.5) is 10.1 Å². The number of hydrogen-bond acceptors (Lipinski definition) is 2. The fraction of sp³-hybridized carbons (Fsp3) is 0.231. The van der Waals surface area contributed by atoms with Gasteiger partial charge in [-0.15, -0.1) is 0 Å². The van der Waals surface area contributed by atoms with Crippen molar-refractivity contribution in [2.75, 3.05) is 5.32 Å². The molecule has 1 aromatic carbocycles. The van der Waals surface area contributed by atoms with Crippen LogP contribution < -0.4 is 5.32 Å². The molecule has 0 saturated carbocycles. The molecule has 4 nitrogen and oxygen atoms in total. The van der Waals surface area contributed by atoms with Crippen molar-refractivity contribution in [3.63, 3.8) is 0 Å². The molecule has 5 heteroatoms. The number of carboxylic acid groups (broad SMARTS) is 1. The van der Waals surface area contributed by atoms with Crippen molar-refractivity contribution < 1.29 is 19.1 Å². The van der Waals surface area contributed by atoms with Gasteiger partial charge < -0.3 is 10.4 Å². The fourth-order valence-corrected chi connectivity index (χ4v) is 1.37. The number of amides is 1. The summed E-state index contributed by atoms with van der Waals surface area (Å²) >= 11 is 0. The van der Waals surface area contributed by atoms with Crippen LogP contribution in [-0.2, 0) is 4.79 Å². The molecule has 18 heavy (non-hydrogen) atoms. The zero-order valence-electron chi connectivity index (χ0n) is 10.2. The Balaban J connectivity index is 2.89. The number of benzene rings is 1. The SMILES string of the molecule is CC/C=C(/C)C(=O)Nc1ccc(C(=O)O)cc1F. The van der Waals surface area contributed by atoms with Gasteiger partial charge in [0.05, 0.1) is 11.3 Å². The van der Waals surface area contributed by atoms with Crippen molar-refractivity contribution >= 4 is 17.6 Å². The molecule has 0 bridgehead atoms. The number of rotatable bonds is 4. The Kier molecular flexibility index (Phi) is 4.59. The van der Waals surface area contributed by atoms with Gasteiger partial charge in [0.25, 0.3) is 5.91 Å². The van der Waals surface area contributed by atoms with Gasteiger partial charge in [0.15, 0.2) is 0 Å². The average molecular weight is 251 g/mol. The van der Waals surface area contributed by atoms with Gasteiger partial charge in [-0.05, 0) is 31.5 Å². The van der Waals surface area contributed by atoms with Gasteiger partial charge in [0.1, 0.15) is 5.82 Å². The molecular formula is C13H14FNO3. The third kappa shape index (κ3) is 3.41. The summed E-state index contributed by atoms with van der Waals surface area (Å²) in [4.78, 5) is 22.2. The highest BCUT2D eigenvalue weighted by Gasteiger charge is 2.11. The molecule has 2 N–H and O–H groups in total. The molecule has 0 saturated heterocycles. The summed E-state index contributed by atoms with van der Waals surface area (Å²) in [7, 11) is 0. The maximum absolute atomic E-state index is 13.5. The molecule has 0 aliphatic carbocycles. The molecule has 96 valence electrons. The van der Waals surface area contributed by atoms with Gasteiger partial charge in [0, 0.05) is 5.57 Å². The van der Waals surface area contributed by atoms with Crippen LogP contribution in [0.3, 0.4) is 0 Å². The number of allylic oxidation sites excluding steroid dienone is 1. The van der Waals surface area contributed by atoms with Crippen LogP contribution in [0.1, 0.15) is 30.6 Å². The van der Waals surface area contributed by atoms with E-state index >= 15 is 0 Å². The highest BCUT2D eigenvalue weighted by molar-refractivity contribution is 6.03. The van der Waals surface area contributed by atoms with E-state index in [1.807, 2.05) is 6.92 Å². The Bertz CT molecular complexity index is 509. The van der Waals surface area contributed by atoms with E-state index in [1.165, 1.54) is 12.1 Å². The number of carboxylic acids is 1. The lowest BCUT2D eigenvalue weighted by molar-refractivity contribution is -0.112. The highest BCUT2D eigenvalue weighted by Crippen LogP contribution is 2.16. The minimum atomic E-state index is -1.21. The lowest BCUT2D eigenvalue weighted by Gasteiger charge is -2.07. The lowest BCUT2D eigenvalue weighted by Crippen LogP contribution is -2.14. The summed E-state index contributed by atoms with van der Waals surface area (Å²) in [6.07, 6.45) is 2.43. The molecule has 0 radical (unpaired) electrons. The Morgan fingerprint density at radius 1 is 1.44 bits per heavy atom. The first-order chi connectivity index (χ1) is 8.45. The molecule has 0 atom stereocenters. The zero-order chi connectivity index (χ0) is 13.7. The minimum absolute atomic E-state index is 0.0335. The molecule has 0 aliphatic heterocycles. The monoisotopic (exact) mass is 251 g/mol. The number of hydrogen-bond donors (Lipinski definition) is 2. The van der Waals surface area contributed by atoms with Crippen LogP contribution in [0.5, 0.6) is 0 Å². The van der Waals surface area contributed by atoms with Gasteiger partial charge in [0.2, 0.25) is 0 Å². The number of carbonyl (C=O) groups excluding carboxylic acids is 1. The highest BCUT2D eigenvalue weighted by atomic mass is 19.1. The van der Waals surface area contributed by atoms with Gasteiger partial charge in [-0.3, -0.25) is 4.79 Å². The van der Waals surface area contributed by atoms with Crippen LogP contribution in [0, 0.1) is 5.82 Å². The molecule has 1 aromatic rings. The van der Waals surface area contributed by atoms with E-state index in [4.69, 9.17) is 5.11 Å². The third-order valence-corrected chi connectivity index (χ3v) is 2.33. The molecule has 0 aromatic heterocycles. The number of carbonyl (C=O) groups is 2. The van der Waals surface area contributed by atoms with E-state index in [0.29, 0.717) is 12.0 Å². The maximum atomic E-state index is 13.5. The van der Waals surface area contributed by atoms with Crippen LogP contribution in [0.15, 0.2) is 29.8 Å². The van der Waals surface area contributed by atoms with Gasteiger partial charge in [-0.2, -0.15) is 0 Å². The zero-order valence-corrected chi connectivity index (χ0v) is 10.2. The topological polar surface area (TPSA) is 66.4 Å². The standard InChI is InChI=1S/C13H14FNO3/c1-3-4-8(2)12(16)15-11-6-5-9(13(17)18)7-10(11)14/h4-7H,3H2,1-2H3,(H,15,16)(H,17,18)/b8-4-. The van der Waals surface area contributed by atoms with Crippen molar-refractivity contribution in [2.45, 2.75) is 20.3 Å². The van der Waals surface area contributed by atoms with Crippen LogP contribution in [-0.4, -0.2) is 17.0 Å². The van der Waals surface area contributed by atoms with Crippen molar-refractivity contribution in [1.82, 2.24) is 0 Å². The Morgan fingerprint density at radius 3 is 2.61 bits per heavy atom. The summed E-state index contributed by atoms with van der Waals surface area (Å²) in [6.45, 7) is 3.52. The second-order valence-electron chi connectivity index (χ2n) is 3.75. The van der Waals surface area contributed by atoms with Crippen LogP contribution >= 0.6 is 0 Å². The number of nitrogens with one attached hydrogen (secondary N) is 1. The van der Waals surface area contributed by atoms with Crippen LogP contribution in [0.2, 0.25) is 0 Å². The summed E-state index contributed by atoms with van der Waals surface area (Å²) in [5.41, 5.74) is 0.291. The van der Waals surface area contributed by atoms with Crippen molar-refractivity contribution in [3.8, 4) is 0 Å². The van der Waals surface area contributed by atoms with Crippen LogP contribution in [0.25, 0.3) is 0 Å². The summed E-state index contributed by atoms with van der Waals surface area (Å²) in [5, 5.41) is 11.1. The van der Waals surface area contributed by atoms with Gasteiger partial charge in [-0.25, -0.2) is 9.18 Å². The summed E-state index contributed by atoms with van der Waals surface area (Å²) < 4.78 is 13.5. The van der Waals surface area contributed by atoms with Crippen molar-refractivity contribution in [3.05, 3.63) is 41.2 Å². The molecule has 0 heterocycles. The molecule has 1 amide bonds. The molecule has 0 fully saturated rings. The van der Waals surface area contributed by atoms with Gasteiger partial charge in [-0.1, -0.05) is 13.0 Å². The van der Waals surface area contributed by atoms with Gasteiger partial charge >= 0.3 is 5.97 Å². The molecule has 0 spiro atoms. The average Bonchev–Trinajstić information content (AvgIpc) is 2.31. The first-order valence-electron chi connectivity index (χ1n) is 5.46. The molecule has 1 rings (SSSR count). The molecule has 0 aliphatic rings. The maximum Gasteiger partial charge on any atom is 0.335 e. The first kappa shape index (κ1) is 13.9. The second-order valence-corrected chi connectivity index (χ2v) is 3.75. The predicted molar refractivity (Wildman–Crippen MR) is 66.0 cm³/mol. The Morgan fingerprint density at radius 2 is 2.11 bits per heavy atom. The minimum Gasteiger partial charge on any atom is -0.478 e. The number of anilines is 1. The number of halogens is 1. The van der Waals surface area contributed by atoms with E-state index in [2.05, 4.69) is 5.32 Å². The predicted octanol–water partition coefficient (Wildman–Crippen LogP) is 2.82. The normalized spacial score (nSPS) is 11.2. The Labute approximate surface area is 104 Å². The fourth-order valence-electron chi connectivity index (χ4n) is 1.37. The first-order valence-corrected chi connectivity index (χ1v) is 5.46. The number of aromatic carboxylic acids is 1. The van der Waals surface area contributed by atoms with Crippen molar-refractivity contribution in [1.29, 1.82) is 0 Å². The Hall–Kier alpha value is -2.17. The van der Waals surface area contributed by atoms with E-state index in [0.717, 1.165) is 6.07 Å². The summed E-state index contributed by atoms with van der Waals surface area (Å²) in [6, 6.07) is 3.34. The molecule has 0 unspecified atom stereocenters. The van der Waals surface area contributed by atoms with E-state index in [1.54, 1.807) is 13.0 Å². The third-order valence-electron chi connectivity index (χ3n) is 2.33. The van der Waals surface area contributed by atoms with E-state index < -0.39 is 17.7 Å². The van der Waals surface area contributed by atoms with Crippen molar-refractivity contribution in [2.24, 2.45) is 0 Å². The quantitative estimate of drug-likeness (QED) is 0.808. The second kappa shape index (κ2) is 5.95. The molecular weight excluding hydrogens is 237 g/mol. The lowest BCUT2D eigenvalue weighted by atomic mass is 10.2. The van der Waals surface area contributed by atoms with E-state index in [9.17, 15) is 14.0 Å².